The molecule has 0 bridgehead atoms. The highest BCUT2D eigenvalue weighted by atomic mass is 32.2. The molecule has 6 heteroatoms. The van der Waals surface area contributed by atoms with E-state index < -0.39 is 0 Å². The molecule has 0 fully saturated rings. The van der Waals surface area contributed by atoms with Crippen LogP contribution in [0.1, 0.15) is 5.82 Å². The summed E-state index contributed by atoms with van der Waals surface area (Å²) < 4.78 is 1.94. The molecular weight excluding hydrogens is 296 g/mol. The average Bonchev–Trinajstić information content (AvgIpc) is 2.97. The van der Waals surface area contributed by atoms with Gasteiger partial charge in [-0.2, -0.15) is 0 Å². The molecule has 0 unspecified atom stereocenters. The number of hydrogen-bond donors (Lipinski definition) is 1. The van der Waals surface area contributed by atoms with Crippen LogP contribution in [0.15, 0.2) is 59.6 Å². The van der Waals surface area contributed by atoms with Crippen LogP contribution in [0.2, 0.25) is 0 Å². The normalized spacial score (nSPS) is 10.7. The first-order valence-corrected chi connectivity index (χ1v) is 8.05. The molecule has 3 aromatic rings. The Kier molecular flexibility index (Phi) is 4.70. The fraction of sp³-hybridized carbons (Fsp3) is 0.188. The summed E-state index contributed by atoms with van der Waals surface area (Å²) in [4.78, 5) is 12.9. The van der Waals surface area contributed by atoms with Gasteiger partial charge in [0.2, 0.25) is 5.91 Å². The lowest BCUT2D eigenvalue weighted by atomic mass is 10.4. The molecule has 1 N–H and O–H groups in total. The first kappa shape index (κ1) is 14.6. The van der Waals surface area contributed by atoms with Gasteiger partial charge in [0.1, 0.15) is 5.82 Å². The molecule has 2 aromatic heterocycles. The Hall–Kier alpha value is -2.34. The average molecular weight is 312 g/mol. The number of benzene rings is 1. The fourth-order valence-corrected chi connectivity index (χ4v) is 2.84. The van der Waals surface area contributed by atoms with Gasteiger partial charge in [-0.25, -0.2) is 0 Å². The number of hydrogen-bond acceptors (Lipinski definition) is 4. The molecule has 22 heavy (non-hydrogen) atoms. The lowest BCUT2D eigenvalue weighted by molar-refractivity contribution is -0.118. The molecule has 0 saturated heterocycles. The Morgan fingerprint density at radius 3 is 2.77 bits per heavy atom. The van der Waals surface area contributed by atoms with Crippen molar-refractivity contribution >= 4 is 23.3 Å². The van der Waals surface area contributed by atoms with E-state index in [0.29, 0.717) is 18.7 Å². The lowest BCUT2D eigenvalue weighted by Crippen LogP contribution is -2.27. The van der Waals surface area contributed by atoms with E-state index in [4.69, 9.17) is 0 Å². The Bertz CT molecular complexity index is 757. The van der Waals surface area contributed by atoms with Crippen molar-refractivity contribution < 1.29 is 4.79 Å². The third-order valence-corrected chi connectivity index (χ3v) is 4.18. The van der Waals surface area contributed by atoms with Gasteiger partial charge in [-0.05, 0) is 24.3 Å². The summed E-state index contributed by atoms with van der Waals surface area (Å²) in [5, 5.41) is 11.1. The molecule has 5 nitrogen and oxygen atoms in total. The van der Waals surface area contributed by atoms with Crippen LogP contribution in [0.5, 0.6) is 0 Å². The minimum absolute atomic E-state index is 0.0303. The summed E-state index contributed by atoms with van der Waals surface area (Å²) >= 11 is 1.53. The standard InChI is InChI=1S/C16H16N4OS/c21-16(12-22-13-6-2-1-3-7-13)17-10-9-15-19-18-14-8-4-5-11-20(14)15/h1-8,11H,9-10,12H2,(H,17,21). The molecule has 0 aliphatic carbocycles. The molecule has 1 amide bonds. The second-order valence-corrected chi connectivity index (χ2v) is 5.80. The zero-order valence-corrected chi connectivity index (χ0v) is 12.8. The monoisotopic (exact) mass is 312 g/mol. The number of carbonyl (C=O) groups excluding carboxylic acids is 1. The van der Waals surface area contributed by atoms with Crippen molar-refractivity contribution in [2.75, 3.05) is 12.3 Å². The molecule has 1 aromatic carbocycles. The number of carbonyl (C=O) groups is 1. The summed E-state index contributed by atoms with van der Waals surface area (Å²) in [7, 11) is 0. The van der Waals surface area contributed by atoms with Crippen molar-refractivity contribution in [3.05, 3.63) is 60.6 Å². The zero-order chi connectivity index (χ0) is 15.2. The smallest absolute Gasteiger partial charge is 0.230 e. The summed E-state index contributed by atoms with van der Waals surface area (Å²) in [5.74, 6) is 1.30. The van der Waals surface area contributed by atoms with E-state index in [1.165, 1.54) is 11.8 Å². The van der Waals surface area contributed by atoms with Crippen LogP contribution in [0, 0.1) is 0 Å². The van der Waals surface area contributed by atoms with Gasteiger partial charge < -0.3 is 5.32 Å². The topological polar surface area (TPSA) is 59.3 Å². The Balaban J connectivity index is 1.45. The molecule has 3 rings (SSSR count). The van der Waals surface area contributed by atoms with Crippen LogP contribution in [0.25, 0.3) is 5.65 Å². The van der Waals surface area contributed by atoms with Gasteiger partial charge in [-0.1, -0.05) is 24.3 Å². The second kappa shape index (κ2) is 7.09. The minimum atomic E-state index is 0.0303. The van der Waals surface area contributed by atoms with Crippen molar-refractivity contribution in [2.24, 2.45) is 0 Å². The highest BCUT2D eigenvalue weighted by Gasteiger charge is 2.06. The highest BCUT2D eigenvalue weighted by Crippen LogP contribution is 2.16. The zero-order valence-electron chi connectivity index (χ0n) is 12.0. The van der Waals surface area contributed by atoms with E-state index in [1.807, 2.05) is 59.1 Å². The summed E-state index contributed by atoms with van der Waals surface area (Å²) in [6.45, 7) is 0.559. The van der Waals surface area contributed by atoms with Crippen LogP contribution in [-0.4, -0.2) is 32.8 Å². The van der Waals surface area contributed by atoms with E-state index in [1.54, 1.807) is 0 Å². The van der Waals surface area contributed by atoms with Gasteiger partial charge >= 0.3 is 0 Å². The van der Waals surface area contributed by atoms with Crippen molar-refractivity contribution in [3.8, 4) is 0 Å². The molecule has 0 aliphatic rings. The van der Waals surface area contributed by atoms with Gasteiger partial charge in [0, 0.05) is 24.1 Å². The van der Waals surface area contributed by atoms with Crippen LogP contribution >= 0.6 is 11.8 Å². The molecule has 0 aliphatic heterocycles. The van der Waals surface area contributed by atoms with Crippen molar-refractivity contribution in [2.45, 2.75) is 11.3 Å². The third-order valence-electron chi connectivity index (χ3n) is 3.17. The first-order valence-electron chi connectivity index (χ1n) is 7.06. The van der Waals surface area contributed by atoms with Crippen LogP contribution in [0.3, 0.4) is 0 Å². The van der Waals surface area contributed by atoms with Gasteiger partial charge in [-0.3, -0.25) is 9.20 Å². The number of aromatic nitrogens is 3. The van der Waals surface area contributed by atoms with Gasteiger partial charge in [0.15, 0.2) is 5.65 Å². The van der Waals surface area contributed by atoms with E-state index in [9.17, 15) is 4.79 Å². The highest BCUT2D eigenvalue weighted by molar-refractivity contribution is 8.00. The maximum atomic E-state index is 11.8. The fourth-order valence-electron chi connectivity index (χ4n) is 2.09. The first-order chi connectivity index (χ1) is 10.8. The van der Waals surface area contributed by atoms with E-state index in [-0.39, 0.29) is 5.91 Å². The Morgan fingerprint density at radius 2 is 1.91 bits per heavy atom. The summed E-state index contributed by atoms with van der Waals surface area (Å²) in [5.41, 5.74) is 0.823. The Morgan fingerprint density at radius 1 is 1.09 bits per heavy atom. The Labute approximate surface area is 132 Å². The molecule has 0 atom stereocenters. The van der Waals surface area contributed by atoms with Gasteiger partial charge in [0.25, 0.3) is 0 Å². The maximum Gasteiger partial charge on any atom is 0.230 e. The predicted octanol–water partition coefficient (Wildman–Crippen LogP) is 2.18. The van der Waals surface area contributed by atoms with E-state index in [0.717, 1.165) is 16.4 Å². The van der Waals surface area contributed by atoms with E-state index in [2.05, 4.69) is 15.5 Å². The van der Waals surface area contributed by atoms with E-state index >= 15 is 0 Å². The number of rotatable bonds is 6. The maximum absolute atomic E-state index is 11.8. The number of pyridine rings is 1. The second-order valence-electron chi connectivity index (χ2n) is 4.75. The lowest BCUT2D eigenvalue weighted by Gasteiger charge is -2.04. The van der Waals surface area contributed by atoms with Crippen LogP contribution in [0.4, 0.5) is 0 Å². The third kappa shape index (κ3) is 3.65. The van der Waals surface area contributed by atoms with Crippen molar-refractivity contribution in [3.63, 3.8) is 0 Å². The summed E-state index contributed by atoms with van der Waals surface area (Å²) in [6, 6.07) is 15.7. The van der Waals surface area contributed by atoms with Crippen LogP contribution in [-0.2, 0) is 11.2 Å². The van der Waals surface area contributed by atoms with Crippen LogP contribution < -0.4 is 5.32 Å². The molecule has 0 radical (unpaired) electrons. The predicted molar refractivity (Wildman–Crippen MR) is 86.9 cm³/mol. The summed E-state index contributed by atoms with van der Waals surface area (Å²) in [6.07, 6.45) is 2.59. The van der Waals surface area contributed by atoms with Crippen molar-refractivity contribution in [1.29, 1.82) is 0 Å². The number of thioether (sulfide) groups is 1. The molecule has 0 spiro atoms. The number of fused-ring (bicyclic) bond motifs is 1. The largest absolute Gasteiger partial charge is 0.355 e. The SMILES string of the molecule is O=C(CSc1ccccc1)NCCc1nnc2ccccn12. The number of nitrogens with one attached hydrogen (secondary N) is 1. The quantitative estimate of drug-likeness (QED) is 0.709. The molecule has 112 valence electrons. The van der Waals surface area contributed by atoms with Gasteiger partial charge in [-0.15, -0.1) is 22.0 Å². The van der Waals surface area contributed by atoms with Gasteiger partial charge in [0.05, 0.1) is 5.75 Å². The molecular formula is C16H16N4OS. The molecule has 0 saturated carbocycles. The minimum Gasteiger partial charge on any atom is -0.355 e. The molecule has 2 heterocycles. The van der Waals surface area contributed by atoms with Crippen molar-refractivity contribution in [1.82, 2.24) is 19.9 Å². The number of amides is 1. The number of nitrogens with zero attached hydrogens (tertiary/aromatic N) is 3.